The number of anilines is 2. The summed E-state index contributed by atoms with van der Waals surface area (Å²) in [5.41, 5.74) is 3.05. The Balaban J connectivity index is 0.00000169. The minimum absolute atomic E-state index is 0. The molecule has 0 saturated heterocycles. The van der Waals surface area contributed by atoms with Crippen LogP contribution in [0.4, 0.5) is 11.5 Å². The van der Waals surface area contributed by atoms with Crippen LogP contribution in [0.15, 0.2) is 52.9 Å². The van der Waals surface area contributed by atoms with Crippen LogP contribution in [0.5, 0.6) is 0 Å². The molecule has 2 heterocycles. The Morgan fingerprint density at radius 1 is 1.04 bits per heavy atom. The first kappa shape index (κ1) is 16.6. The number of aryl methyl sites for hydroxylation is 1. The number of benzene rings is 2. The lowest BCUT2D eigenvalue weighted by molar-refractivity contribution is 0.666. The third-order valence-electron chi connectivity index (χ3n) is 3.71. The average Bonchev–Trinajstić information content (AvgIpc) is 2.96. The van der Waals surface area contributed by atoms with E-state index in [0.717, 1.165) is 34.4 Å². The topological polar surface area (TPSA) is 51.0 Å². The number of nitrogens with one attached hydrogen (secondary N) is 1. The van der Waals surface area contributed by atoms with Crippen molar-refractivity contribution in [2.75, 3.05) is 5.32 Å². The average molecular weight is 360 g/mol. The fraction of sp³-hybridized carbons (Fsp3) is 0.111. The van der Waals surface area contributed by atoms with Crippen LogP contribution in [0.3, 0.4) is 0 Å². The molecule has 2 aromatic heterocycles. The highest BCUT2D eigenvalue weighted by Crippen LogP contribution is 2.33. The second-order valence-electron chi connectivity index (χ2n) is 5.22. The van der Waals surface area contributed by atoms with Crippen LogP contribution in [0.2, 0.25) is 5.02 Å². The van der Waals surface area contributed by atoms with E-state index in [9.17, 15) is 0 Å². The Hall–Kier alpha value is -2.30. The number of hydrogen-bond acceptors (Lipinski definition) is 4. The molecule has 0 atom stereocenters. The minimum atomic E-state index is 0. The maximum Gasteiger partial charge on any atom is 0.196 e. The number of rotatable bonds is 3. The second-order valence-corrected chi connectivity index (χ2v) is 5.63. The third kappa shape index (κ3) is 2.79. The molecule has 0 spiro atoms. The standard InChI is InChI=1S/C18H14ClN3O.ClH/c1-2-15-21-16-11-7-3-6-10-14(11)23-17(16)18(22-15)20-13-9-5-4-8-12(13)19;/h3-10H,2H2,1H3,(H,20,21,22);1H. The molecule has 2 aromatic carbocycles. The molecule has 4 aromatic rings. The maximum absolute atomic E-state index is 6.24. The van der Waals surface area contributed by atoms with Crippen molar-refractivity contribution in [2.45, 2.75) is 13.3 Å². The lowest BCUT2D eigenvalue weighted by Gasteiger charge is -2.08. The molecule has 4 rings (SSSR count). The monoisotopic (exact) mass is 359 g/mol. The van der Waals surface area contributed by atoms with Gasteiger partial charge in [-0.1, -0.05) is 42.8 Å². The van der Waals surface area contributed by atoms with E-state index in [0.29, 0.717) is 16.4 Å². The van der Waals surface area contributed by atoms with Gasteiger partial charge in [-0.15, -0.1) is 12.4 Å². The smallest absolute Gasteiger partial charge is 0.196 e. The zero-order valence-corrected chi connectivity index (χ0v) is 14.5. The zero-order valence-electron chi connectivity index (χ0n) is 12.9. The summed E-state index contributed by atoms with van der Waals surface area (Å²) in [5.74, 6) is 1.40. The van der Waals surface area contributed by atoms with Crippen molar-refractivity contribution in [3.05, 3.63) is 59.4 Å². The normalized spacial score (nSPS) is 10.8. The van der Waals surface area contributed by atoms with Crippen LogP contribution in [-0.2, 0) is 6.42 Å². The first-order chi connectivity index (χ1) is 11.3. The van der Waals surface area contributed by atoms with Crippen LogP contribution in [0.25, 0.3) is 22.1 Å². The van der Waals surface area contributed by atoms with Gasteiger partial charge in [0.25, 0.3) is 0 Å². The molecular formula is C18H15Cl2N3O. The number of nitrogens with zero attached hydrogens (tertiary/aromatic N) is 2. The van der Waals surface area contributed by atoms with E-state index in [1.165, 1.54) is 0 Å². The van der Waals surface area contributed by atoms with Crippen molar-refractivity contribution in [1.29, 1.82) is 0 Å². The quantitative estimate of drug-likeness (QED) is 0.505. The van der Waals surface area contributed by atoms with Gasteiger partial charge in [-0.3, -0.25) is 0 Å². The number of aromatic nitrogens is 2. The molecule has 0 bridgehead atoms. The van der Waals surface area contributed by atoms with Gasteiger partial charge in [0.1, 0.15) is 16.9 Å². The second kappa shape index (κ2) is 6.67. The van der Waals surface area contributed by atoms with Gasteiger partial charge in [0.15, 0.2) is 11.4 Å². The van der Waals surface area contributed by atoms with Crippen molar-refractivity contribution in [3.63, 3.8) is 0 Å². The Kier molecular flexibility index (Phi) is 4.60. The SMILES string of the molecule is CCc1nc(Nc2ccccc2Cl)c2oc3ccccc3c2n1.Cl. The molecule has 0 saturated carbocycles. The predicted molar refractivity (Wildman–Crippen MR) is 101 cm³/mol. The van der Waals surface area contributed by atoms with E-state index in [4.69, 9.17) is 16.0 Å². The molecule has 0 amide bonds. The largest absolute Gasteiger partial charge is 0.450 e. The van der Waals surface area contributed by atoms with E-state index in [2.05, 4.69) is 15.3 Å². The summed E-state index contributed by atoms with van der Waals surface area (Å²) < 4.78 is 5.96. The number of para-hydroxylation sites is 2. The zero-order chi connectivity index (χ0) is 15.8. The Morgan fingerprint density at radius 2 is 1.79 bits per heavy atom. The van der Waals surface area contributed by atoms with Crippen LogP contribution in [0.1, 0.15) is 12.7 Å². The molecule has 0 aliphatic carbocycles. The number of halogens is 2. The molecule has 1 N–H and O–H groups in total. The van der Waals surface area contributed by atoms with Crippen molar-refractivity contribution in [3.8, 4) is 0 Å². The number of furan rings is 1. The third-order valence-corrected chi connectivity index (χ3v) is 4.04. The highest BCUT2D eigenvalue weighted by Gasteiger charge is 2.15. The molecule has 6 heteroatoms. The van der Waals surface area contributed by atoms with Gasteiger partial charge in [0, 0.05) is 11.8 Å². The van der Waals surface area contributed by atoms with Gasteiger partial charge in [0.2, 0.25) is 0 Å². The predicted octanol–water partition coefficient (Wildman–Crippen LogP) is 5.76. The minimum Gasteiger partial charge on any atom is -0.450 e. The summed E-state index contributed by atoms with van der Waals surface area (Å²) >= 11 is 6.24. The van der Waals surface area contributed by atoms with Crippen LogP contribution < -0.4 is 5.32 Å². The van der Waals surface area contributed by atoms with Gasteiger partial charge in [0.05, 0.1) is 10.7 Å². The van der Waals surface area contributed by atoms with E-state index >= 15 is 0 Å². The first-order valence-electron chi connectivity index (χ1n) is 7.46. The summed E-state index contributed by atoms with van der Waals surface area (Å²) in [4.78, 5) is 9.21. The van der Waals surface area contributed by atoms with Gasteiger partial charge in [-0.25, -0.2) is 9.97 Å². The highest BCUT2D eigenvalue weighted by molar-refractivity contribution is 6.33. The van der Waals surface area contributed by atoms with Gasteiger partial charge in [-0.2, -0.15) is 0 Å². The van der Waals surface area contributed by atoms with Crippen LogP contribution in [0, 0.1) is 0 Å². The van der Waals surface area contributed by atoms with E-state index in [1.54, 1.807) is 0 Å². The van der Waals surface area contributed by atoms with E-state index in [1.807, 2.05) is 55.5 Å². The summed E-state index contributed by atoms with van der Waals surface area (Å²) in [6, 6.07) is 15.4. The summed E-state index contributed by atoms with van der Waals surface area (Å²) in [6.07, 6.45) is 0.743. The Labute approximate surface area is 150 Å². The molecular weight excluding hydrogens is 345 g/mol. The molecule has 24 heavy (non-hydrogen) atoms. The Morgan fingerprint density at radius 3 is 2.58 bits per heavy atom. The van der Waals surface area contributed by atoms with Crippen molar-refractivity contribution >= 4 is 57.6 Å². The summed E-state index contributed by atoms with van der Waals surface area (Å²) in [6.45, 7) is 2.03. The maximum atomic E-state index is 6.24. The summed E-state index contributed by atoms with van der Waals surface area (Å²) in [5, 5.41) is 4.89. The molecule has 122 valence electrons. The molecule has 0 fully saturated rings. The van der Waals surface area contributed by atoms with Gasteiger partial charge >= 0.3 is 0 Å². The Bertz CT molecular complexity index is 1010. The lowest BCUT2D eigenvalue weighted by atomic mass is 10.2. The fourth-order valence-corrected chi connectivity index (χ4v) is 2.75. The van der Waals surface area contributed by atoms with Gasteiger partial charge < -0.3 is 9.73 Å². The number of fused-ring (bicyclic) bond motifs is 3. The fourth-order valence-electron chi connectivity index (χ4n) is 2.57. The molecule has 0 unspecified atom stereocenters. The van der Waals surface area contributed by atoms with E-state index in [-0.39, 0.29) is 12.4 Å². The van der Waals surface area contributed by atoms with Gasteiger partial charge in [-0.05, 0) is 24.3 Å². The lowest BCUT2D eigenvalue weighted by Crippen LogP contribution is -2.00. The highest BCUT2D eigenvalue weighted by atomic mass is 35.5. The van der Waals surface area contributed by atoms with Crippen molar-refractivity contribution < 1.29 is 4.42 Å². The molecule has 0 aliphatic heterocycles. The van der Waals surface area contributed by atoms with Crippen molar-refractivity contribution in [1.82, 2.24) is 9.97 Å². The number of hydrogen-bond donors (Lipinski definition) is 1. The van der Waals surface area contributed by atoms with Crippen LogP contribution in [-0.4, -0.2) is 9.97 Å². The van der Waals surface area contributed by atoms with Crippen LogP contribution >= 0.6 is 24.0 Å². The van der Waals surface area contributed by atoms with Crippen molar-refractivity contribution in [2.24, 2.45) is 0 Å². The molecule has 4 nitrogen and oxygen atoms in total. The van der Waals surface area contributed by atoms with E-state index < -0.39 is 0 Å². The molecule has 0 radical (unpaired) electrons. The summed E-state index contributed by atoms with van der Waals surface area (Å²) in [7, 11) is 0. The first-order valence-corrected chi connectivity index (χ1v) is 7.83. The molecule has 0 aliphatic rings.